The zero-order chi connectivity index (χ0) is 21.7. The van der Waals surface area contributed by atoms with Crippen molar-refractivity contribution < 1.29 is 14.3 Å². The van der Waals surface area contributed by atoms with E-state index in [0.717, 1.165) is 5.01 Å². The number of rotatable bonds is 8. The number of aryl methyl sites for hydroxylation is 1. The largest absolute Gasteiger partial charge is 0.497 e. The van der Waals surface area contributed by atoms with Gasteiger partial charge in [0.25, 0.3) is 5.91 Å². The number of amides is 2. The molecule has 0 saturated carbocycles. The summed E-state index contributed by atoms with van der Waals surface area (Å²) < 4.78 is 6.86. The summed E-state index contributed by atoms with van der Waals surface area (Å²) in [6, 6.07) is 6.47. The van der Waals surface area contributed by atoms with E-state index in [2.05, 4.69) is 31.0 Å². The van der Waals surface area contributed by atoms with Crippen molar-refractivity contribution in [3.8, 4) is 5.75 Å². The third-order valence-corrected chi connectivity index (χ3v) is 5.83. The van der Waals surface area contributed by atoms with Crippen LogP contribution in [-0.4, -0.2) is 49.6 Å². The Balaban J connectivity index is 1.56. The molecule has 2 heterocycles. The number of benzene rings is 1. The highest BCUT2D eigenvalue weighted by Gasteiger charge is 2.19. The van der Waals surface area contributed by atoms with Gasteiger partial charge in [0.05, 0.1) is 18.9 Å². The Bertz CT molecular complexity index is 1030. The first-order valence-electron chi connectivity index (χ1n) is 8.94. The number of nitrogens with one attached hydrogen (secondary N) is 2. The van der Waals surface area contributed by atoms with Gasteiger partial charge in [0.1, 0.15) is 10.8 Å². The molecular formula is C18H21N7O3S2. The number of nitrogens with zero attached hydrogens (tertiary/aromatic N) is 5. The van der Waals surface area contributed by atoms with Gasteiger partial charge in [-0.05, 0) is 38.1 Å². The molecule has 2 N–H and O–H groups in total. The minimum Gasteiger partial charge on any atom is -0.497 e. The van der Waals surface area contributed by atoms with E-state index < -0.39 is 0 Å². The molecule has 1 unspecified atom stereocenters. The Kier molecular flexibility index (Phi) is 7.00. The van der Waals surface area contributed by atoms with E-state index in [1.165, 1.54) is 23.1 Å². The molecule has 12 heteroatoms. The summed E-state index contributed by atoms with van der Waals surface area (Å²) in [6.45, 7) is 3.64. The fourth-order valence-corrected chi connectivity index (χ4v) is 3.87. The predicted octanol–water partition coefficient (Wildman–Crippen LogP) is 2.21. The zero-order valence-corrected chi connectivity index (χ0v) is 18.5. The number of hydrogen-bond donors (Lipinski definition) is 2. The lowest BCUT2D eigenvalue weighted by Crippen LogP contribution is -2.28. The van der Waals surface area contributed by atoms with E-state index in [0.29, 0.717) is 27.4 Å². The predicted molar refractivity (Wildman–Crippen MR) is 114 cm³/mol. The molecule has 30 heavy (non-hydrogen) atoms. The average molecular weight is 448 g/mol. The standard InChI is InChI=1S/C18H21N7O3S2/c1-10(19-16(27)12-5-7-13(28-4)8-6-12)15-22-24-18(25(15)3)29-9-14(26)20-17-23-21-11(2)30-17/h5-8,10H,9H2,1-4H3,(H,19,27)(H,20,23,26). The van der Waals surface area contributed by atoms with Crippen molar-refractivity contribution in [2.45, 2.75) is 25.0 Å². The maximum atomic E-state index is 12.5. The van der Waals surface area contributed by atoms with Gasteiger partial charge in [0, 0.05) is 12.6 Å². The van der Waals surface area contributed by atoms with Gasteiger partial charge >= 0.3 is 0 Å². The van der Waals surface area contributed by atoms with Crippen LogP contribution in [0.3, 0.4) is 0 Å². The fourth-order valence-electron chi connectivity index (χ4n) is 2.55. The molecule has 0 spiro atoms. The van der Waals surface area contributed by atoms with Gasteiger partial charge in [0.2, 0.25) is 11.0 Å². The molecule has 3 rings (SSSR count). The third kappa shape index (κ3) is 5.33. The minimum atomic E-state index is -0.371. The second-order valence-corrected chi connectivity index (χ2v) is 8.41. The highest BCUT2D eigenvalue weighted by molar-refractivity contribution is 7.99. The minimum absolute atomic E-state index is 0.150. The molecule has 0 fully saturated rings. The van der Waals surface area contributed by atoms with Crippen LogP contribution in [0.4, 0.5) is 5.13 Å². The lowest BCUT2D eigenvalue weighted by atomic mass is 10.2. The third-order valence-electron chi connectivity index (χ3n) is 4.06. The molecule has 158 valence electrons. The topological polar surface area (TPSA) is 124 Å². The lowest BCUT2D eigenvalue weighted by molar-refractivity contribution is -0.113. The van der Waals surface area contributed by atoms with Crippen molar-refractivity contribution in [1.29, 1.82) is 0 Å². The van der Waals surface area contributed by atoms with Gasteiger partial charge in [-0.15, -0.1) is 20.4 Å². The Hall–Kier alpha value is -2.99. The van der Waals surface area contributed by atoms with Crippen LogP contribution >= 0.6 is 23.1 Å². The number of carbonyl (C=O) groups is 2. The molecule has 0 aliphatic rings. The number of carbonyl (C=O) groups excluding carboxylic acids is 2. The van der Waals surface area contributed by atoms with Crippen molar-refractivity contribution in [2.75, 3.05) is 18.2 Å². The lowest BCUT2D eigenvalue weighted by Gasteiger charge is -2.14. The van der Waals surface area contributed by atoms with E-state index in [9.17, 15) is 9.59 Å². The van der Waals surface area contributed by atoms with Gasteiger partial charge in [-0.25, -0.2) is 0 Å². The van der Waals surface area contributed by atoms with E-state index in [1.54, 1.807) is 43.0 Å². The number of methoxy groups -OCH3 is 1. The zero-order valence-electron chi connectivity index (χ0n) is 16.9. The first kappa shape index (κ1) is 21.7. The molecule has 2 amide bonds. The van der Waals surface area contributed by atoms with Crippen molar-refractivity contribution in [3.63, 3.8) is 0 Å². The van der Waals surface area contributed by atoms with Crippen LogP contribution in [0, 0.1) is 6.92 Å². The molecule has 0 bridgehead atoms. The Labute approximate surface area is 181 Å². The van der Waals surface area contributed by atoms with Crippen LogP contribution < -0.4 is 15.4 Å². The first-order chi connectivity index (χ1) is 14.4. The van der Waals surface area contributed by atoms with E-state index in [1.807, 2.05) is 13.8 Å². The maximum absolute atomic E-state index is 12.5. The summed E-state index contributed by atoms with van der Waals surface area (Å²) in [5.41, 5.74) is 0.517. The summed E-state index contributed by atoms with van der Waals surface area (Å²) in [4.78, 5) is 24.5. The number of thioether (sulfide) groups is 1. The molecule has 0 aliphatic heterocycles. The summed E-state index contributed by atoms with van der Waals surface area (Å²) in [5.74, 6) is 0.979. The van der Waals surface area contributed by atoms with Crippen LogP contribution in [-0.2, 0) is 11.8 Å². The average Bonchev–Trinajstić information content (AvgIpc) is 3.31. The van der Waals surface area contributed by atoms with Crippen LogP contribution in [0.15, 0.2) is 29.4 Å². The molecule has 3 aromatic rings. The van der Waals surface area contributed by atoms with Crippen LogP contribution in [0.25, 0.3) is 0 Å². The van der Waals surface area contributed by atoms with Crippen molar-refractivity contribution >= 4 is 40.0 Å². The van der Waals surface area contributed by atoms with Crippen LogP contribution in [0.1, 0.15) is 34.2 Å². The van der Waals surface area contributed by atoms with Crippen molar-refractivity contribution in [2.24, 2.45) is 7.05 Å². The monoisotopic (exact) mass is 447 g/mol. The molecular weight excluding hydrogens is 426 g/mol. The van der Waals surface area contributed by atoms with Gasteiger partial charge in [-0.2, -0.15) is 0 Å². The molecule has 0 radical (unpaired) electrons. The summed E-state index contributed by atoms with van der Waals surface area (Å²) in [5, 5.41) is 23.4. The second-order valence-electron chi connectivity index (χ2n) is 6.29. The first-order valence-corrected chi connectivity index (χ1v) is 10.7. The number of hydrogen-bond acceptors (Lipinski definition) is 9. The smallest absolute Gasteiger partial charge is 0.251 e. The number of aromatic nitrogens is 5. The SMILES string of the molecule is COc1ccc(C(=O)NC(C)c2nnc(SCC(=O)Nc3nnc(C)s3)n2C)cc1. The highest BCUT2D eigenvalue weighted by Crippen LogP contribution is 2.21. The van der Waals surface area contributed by atoms with Gasteiger partial charge < -0.3 is 14.6 Å². The second kappa shape index (κ2) is 9.67. The van der Waals surface area contributed by atoms with E-state index in [4.69, 9.17) is 4.74 Å². The van der Waals surface area contributed by atoms with E-state index in [-0.39, 0.29) is 23.6 Å². The van der Waals surface area contributed by atoms with Crippen LogP contribution in [0.5, 0.6) is 5.75 Å². The maximum Gasteiger partial charge on any atom is 0.251 e. The molecule has 1 aromatic carbocycles. The highest BCUT2D eigenvalue weighted by atomic mass is 32.2. The van der Waals surface area contributed by atoms with Gasteiger partial charge in [0.15, 0.2) is 11.0 Å². The Morgan fingerprint density at radius 2 is 1.93 bits per heavy atom. The quantitative estimate of drug-likeness (QED) is 0.504. The number of ether oxygens (including phenoxy) is 1. The summed E-state index contributed by atoms with van der Waals surface area (Å²) in [7, 11) is 3.36. The van der Waals surface area contributed by atoms with Crippen LogP contribution in [0.2, 0.25) is 0 Å². The molecule has 0 saturated heterocycles. The van der Waals surface area contributed by atoms with Gasteiger partial charge in [-0.1, -0.05) is 23.1 Å². The fraction of sp³-hybridized carbons (Fsp3) is 0.333. The van der Waals surface area contributed by atoms with Crippen molar-refractivity contribution in [3.05, 3.63) is 40.7 Å². The summed E-state index contributed by atoms with van der Waals surface area (Å²) >= 11 is 2.56. The normalized spacial score (nSPS) is 11.7. The molecule has 1 atom stereocenters. The molecule has 10 nitrogen and oxygen atoms in total. The van der Waals surface area contributed by atoms with Crippen molar-refractivity contribution in [1.82, 2.24) is 30.3 Å². The summed E-state index contributed by atoms with van der Waals surface area (Å²) in [6.07, 6.45) is 0. The van der Waals surface area contributed by atoms with Gasteiger partial charge in [-0.3, -0.25) is 14.9 Å². The molecule has 0 aliphatic carbocycles. The molecule has 2 aromatic heterocycles. The number of anilines is 1. The Morgan fingerprint density at radius 3 is 2.57 bits per heavy atom. The Morgan fingerprint density at radius 1 is 1.20 bits per heavy atom. The van der Waals surface area contributed by atoms with E-state index >= 15 is 0 Å².